The van der Waals surface area contributed by atoms with E-state index in [-0.39, 0.29) is 41.6 Å². The molecule has 0 N–H and O–H groups in total. The zero-order chi connectivity index (χ0) is 33.1. The van der Waals surface area contributed by atoms with Crippen LogP contribution in [0.15, 0.2) is 5.16 Å². The third kappa shape index (κ3) is 4.82. The van der Waals surface area contributed by atoms with Crippen LogP contribution < -0.4 is 0 Å². The van der Waals surface area contributed by atoms with E-state index >= 15 is 0 Å². The van der Waals surface area contributed by atoms with Crippen LogP contribution >= 0.6 is 0 Å². The van der Waals surface area contributed by atoms with E-state index in [1.165, 1.54) is 4.90 Å². The van der Waals surface area contributed by atoms with Gasteiger partial charge in [-0.3, -0.25) is 4.84 Å². The molecule has 0 aromatic heterocycles. The lowest BCUT2D eigenvalue weighted by molar-refractivity contribution is -0.571. The van der Waals surface area contributed by atoms with Crippen molar-refractivity contribution in [3.05, 3.63) is 0 Å². The smallest absolute Gasteiger partial charge is 0.345 e. The third-order valence-electron chi connectivity index (χ3n) is 13.8. The number of carbonyl (C=O) groups is 1. The first-order chi connectivity index (χ1) is 22.3. The molecule has 264 valence electrons. The number of hydrogen-bond acceptors (Lipinski definition) is 11. The van der Waals surface area contributed by atoms with Crippen molar-refractivity contribution in [1.29, 1.82) is 0 Å². The van der Waals surface area contributed by atoms with E-state index in [9.17, 15) is 4.79 Å². The fourth-order valence-corrected chi connectivity index (χ4v) is 11.1. The van der Waals surface area contributed by atoms with Gasteiger partial charge in [-0.2, -0.15) is 0 Å². The van der Waals surface area contributed by atoms with E-state index in [2.05, 4.69) is 32.9 Å². The lowest BCUT2D eigenvalue weighted by atomic mass is 9.56. The maximum absolute atomic E-state index is 12.7. The summed E-state index contributed by atoms with van der Waals surface area (Å²) in [5, 5.41) is 4.58. The molecule has 0 unspecified atom stereocenters. The van der Waals surface area contributed by atoms with Crippen molar-refractivity contribution in [2.75, 3.05) is 14.1 Å². The highest BCUT2D eigenvalue weighted by Gasteiger charge is 2.71. The van der Waals surface area contributed by atoms with Crippen LogP contribution in [0.5, 0.6) is 0 Å². The van der Waals surface area contributed by atoms with Crippen molar-refractivity contribution in [3.8, 4) is 0 Å². The summed E-state index contributed by atoms with van der Waals surface area (Å²) in [6, 6.07) is 0. The molecule has 0 radical (unpaired) electrons. The summed E-state index contributed by atoms with van der Waals surface area (Å²) in [7, 11) is 3.29. The normalized spacial score (nSPS) is 54.9. The molecule has 16 atom stereocenters. The lowest BCUT2D eigenvalue weighted by Gasteiger charge is -2.61. The molecule has 8 aliphatic heterocycles. The van der Waals surface area contributed by atoms with Crippen molar-refractivity contribution in [3.63, 3.8) is 0 Å². The van der Waals surface area contributed by atoms with Gasteiger partial charge < -0.3 is 23.8 Å². The highest BCUT2D eigenvalue weighted by atomic mass is 17.3. The van der Waals surface area contributed by atoms with E-state index in [0.29, 0.717) is 24.0 Å². The van der Waals surface area contributed by atoms with Gasteiger partial charge in [-0.25, -0.2) is 24.3 Å². The number of oxime groups is 1. The molecule has 0 aromatic rings. The number of rotatable bonds is 4. The fourth-order valence-electron chi connectivity index (χ4n) is 11.1. The van der Waals surface area contributed by atoms with Gasteiger partial charge in [0.15, 0.2) is 23.8 Å². The van der Waals surface area contributed by atoms with Crippen molar-refractivity contribution < 1.29 is 48.1 Å². The molecule has 4 bridgehead atoms. The maximum Gasteiger partial charge on any atom is 0.435 e. The molecule has 10 rings (SSSR count). The summed E-state index contributed by atoms with van der Waals surface area (Å²) in [5.74, 6) is 0.0490. The van der Waals surface area contributed by atoms with E-state index in [4.69, 9.17) is 43.3 Å². The molecule has 8 saturated heterocycles. The average molecular weight is 663 g/mol. The second-order valence-corrected chi connectivity index (χ2v) is 16.8. The van der Waals surface area contributed by atoms with Crippen LogP contribution in [-0.2, 0) is 43.3 Å². The van der Waals surface area contributed by atoms with Crippen molar-refractivity contribution in [2.45, 2.75) is 147 Å². The molecular weight excluding hydrogens is 608 g/mol. The van der Waals surface area contributed by atoms with Crippen LogP contribution in [-0.4, -0.2) is 78.4 Å². The van der Waals surface area contributed by atoms with Crippen LogP contribution in [0.4, 0.5) is 4.79 Å². The summed E-state index contributed by atoms with van der Waals surface area (Å²) in [6.45, 7) is 12.9. The van der Waals surface area contributed by atoms with Crippen LogP contribution in [0.25, 0.3) is 0 Å². The molecule has 10 fully saturated rings. The highest BCUT2D eigenvalue weighted by molar-refractivity contribution is 5.90. The Labute approximate surface area is 278 Å². The standard InChI is InChI=1S/C35H54N2O10/c1-18-9-11-24-20(3)27(39-29-34(24)22(18)13-15-32(5,41-29)44-46-34)17-26(36-43-31(38)37(7)8)28-21(4)25-12-10-19(2)23-14-16-33(6)42-30(40-28)35(23,25)47-45-33/h18-25,27-30H,9-17H2,1-8H3/b36-26-/t18-,19-,20-,21-,22+,23+,24+,25+,27-,28+,29-,30-,32+,33+,34-,35-/m1/s1. The van der Waals surface area contributed by atoms with Gasteiger partial charge in [-0.05, 0) is 87.9 Å². The van der Waals surface area contributed by atoms with E-state index in [0.717, 1.165) is 51.4 Å². The molecule has 1 amide bonds. The first-order valence-corrected chi connectivity index (χ1v) is 18.2. The number of carbonyl (C=O) groups excluding carboxylic acids is 1. The minimum absolute atomic E-state index is 0.0151. The fraction of sp³-hybridized carbons (Fsp3) is 0.943. The summed E-state index contributed by atoms with van der Waals surface area (Å²) in [5.41, 5.74) is -0.736. The monoisotopic (exact) mass is 662 g/mol. The Balaban J connectivity index is 1.13. The van der Waals surface area contributed by atoms with Gasteiger partial charge in [0, 0.05) is 45.2 Å². The van der Waals surface area contributed by atoms with Gasteiger partial charge in [-0.15, -0.1) is 0 Å². The quantitative estimate of drug-likeness (QED) is 0.155. The number of amides is 1. The third-order valence-corrected chi connectivity index (χ3v) is 13.8. The first kappa shape index (κ1) is 32.8. The minimum atomic E-state index is -0.893. The molecule has 47 heavy (non-hydrogen) atoms. The Morgan fingerprint density at radius 3 is 1.81 bits per heavy atom. The number of hydrogen-bond donors (Lipinski definition) is 0. The predicted octanol–water partition coefficient (Wildman–Crippen LogP) is 5.93. The summed E-state index contributed by atoms with van der Waals surface area (Å²) < 4.78 is 27.2. The minimum Gasteiger partial charge on any atom is -0.345 e. The van der Waals surface area contributed by atoms with Crippen LogP contribution in [0, 0.1) is 47.3 Å². The van der Waals surface area contributed by atoms with Crippen LogP contribution in [0.2, 0.25) is 0 Å². The number of ether oxygens (including phenoxy) is 4. The van der Waals surface area contributed by atoms with Crippen LogP contribution in [0.3, 0.4) is 0 Å². The first-order valence-electron chi connectivity index (χ1n) is 18.2. The summed E-state index contributed by atoms with van der Waals surface area (Å²) >= 11 is 0. The van der Waals surface area contributed by atoms with Gasteiger partial charge in [0.25, 0.3) is 0 Å². The van der Waals surface area contributed by atoms with Gasteiger partial charge in [0.05, 0.1) is 11.8 Å². The second kappa shape index (κ2) is 11.3. The lowest BCUT2D eigenvalue weighted by Crippen LogP contribution is -2.71. The Kier molecular flexibility index (Phi) is 7.90. The van der Waals surface area contributed by atoms with Crippen molar-refractivity contribution in [2.24, 2.45) is 52.5 Å². The Bertz CT molecular complexity index is 1280. The highest BCUT2D eigenvalue weighted by Crippen LogP contribution is 2.63. The van der Waals surface area contributed by atoms with Gasteiger partial charge in [0.2, 0.25) is 11.6 Å². The molecule has 12 heteroatoms. The maximum atomic E-state index is 12.7. The summed E-state index contributed by atoms with van der Waals surface area (Å²) in [6.07, 6.45) is 5.45. The molecule has 10 aliphatic rings. The molecule has 0 aromatic carbocycles. The van der Waals surface area contributed by atoms with Gasteiger partial charge in [0.1, 0.15) is 6.10 Å². The average Bonchev–Trinajstić information content (AvgIpc) is 3.41. The van der Waals surface area contributed by atoms with E-state index in [1.807, 2.05) is 13.8 Å². The molecular formula is C35H54N2O10. The van der Waals surface area contributed by atoms with E-state index in [1.54, 1.807) is 14.1 Å². The predicted molar refractivity (Wildman–Crippen MR) is 166 cm³/mol. The van der Waals surface area contributed by atoms with Crippen molar-refractivity contribution in [1.82, 2.24) is 4.90 Å². The SMILES string of the molecule is C[C@H]1[C@@H](/C(C[C@H]2O[C@@H]3O[C@]4(C)CC[C@H]5[C@H](C)CC[C@@H]([C@H]2C)[C@@]35OO4)=N\OC(=O)N(C)C)O[C@@H]2O[C@]3(C)CC[C@H]4[C@H](C)CC[C@@H]1[C@@]24OO3. The van der Waals surface area contributed by atoms with Crippen molar-refractivity contribution >= 4 is 11.8 Å². The van der Waals surface area contributed by atoms with Gasteiger partial charge in [-0.1, -0.05) is 32.9 Å². The zero-order valence-corrected chi connectivity index (χ0v) is 29.3. The molecule has 2 aliphatic carbocycles. The summed E-state index contributed by atoms with van der Waals surface area (Å²) in [4.78, 5) is 44.5. The Morgan fingerprint density at radius 1 is 0.723 bits per heavy atom. The Hall–Kier alpha value is -1.38. The van der Waals surface area contributed by atoms with Gasteiger partial charge >= 0.3 is 6.09 Å². The van der Waals surface area contributed by atoms with Crippen LogP contribution in [0.1, 0.15) is 99.3 Å². The molecule has 2 spiro atoms. The number of fused-ring (bicyclic) bond motifs is 4. The second-order valence-electron chi connectivity index (χ2n) is 16.8. The molecule has 8 heterocycles. The molecule has 2 saturated carbocycles. The largest absolute Gasteiger partial charge is 0.435 e. The topological polar surface area (TPSA) is 116 Å². The van der Waals surface area contributed by atoms with E-state index < -0.39 is 47.6 Å². The Morgan fingerprint density at radius 2 is 1.26 bits per heavy atom. The zero-order valence-electron chi connectivity index (χ0n) is 29.3. The number of nitrogens with zero attached hydrogens (tertiary/aromatic N) is 2. The molecule has 12 nitrogen and oxygen atoms in total.